The van der Waals surface area contributed by atoms with Crippen molar-refractivity contribution in [2.24, 2.45) is 5.73 Å². The highest BCUT2D eigenvalue weighted by atomic mass is 32.2. The molecule has 0 atom stereocenters. The molecule has 0 aliphatic rings. The van der Waals surface area contributed by atoms with Gasteiger partial charge in [0.25, 0.3) is 11.8 Å². The molecule has 11 heteroatoms. The monoisotopic (exact) mass is 477 g/mol. The van der Waals surface area contributed by atoms with Crippen molar-refractivity contribution in [3.63, 3.8) is 0 Å². The molecule has 10 nitrogen and oxygen atoms in total. The number of carbonyl (C=O) groups is 3. The number of ether oxygens (including phenoxy) is 2. The Kier molecular flexibility index (Phi) is 9.37. The molecule has 0 fully saturated rings. The average molecular weight is 478 g/mol. The summed E-state index contributed by atoms with van der Waals surface area (Å²) in [4.78, 5) is 35.1. The molecule has 2 aromatic carbocycles. The summed E-state index contributed by atoms with van der Waals surface area (Å²) >= 11 is 0. The van der Waals surface area contributed by atoms with Gasteiger partial charge in [0.1, 0.15) is 18.9 Å². The van der Waals surface area contributed by atoms with Crippen LogP contribution in [0.25, 0.3) is 0 Å². The van der Waals surface area contributed by atoms with E-state index in [9.17, 15) is 22.8 Å². The normalized spacial score (nSPS) is 11.1. The zero-order valence-electron chi connectivity index (χ0n) is 18.4. The van der Waals surface area contributed by atoms with Crippen molar-refractivity contribution in [1.29, 1.82) is 0 Å². The number of amides is 2. The Morgan fingerprint density at radius 2 is 1.70 bits per heavy atom. The van der Waals surface area contributed by atoms with Crippen LogP contribution in [0, 0.1) is 0 Å². The van der Waals surface area contributed by atoms with E-state index in [-0.39, 0.29) is 30.2 Å². The molecule has 0 radical (unpaired) electrons. The number of esters is 1. The second kappa shape index (κ2) is 12.0. The maximum Gasteiger partial charge on any atom is 0.325 e. The molecule has 0 aliphatic carbocycles. The SMILES string of the molecule is CCN(CC)S(=O)(=O)c1ccc(C(=O)NCC(=O)OCc2cccc(OCC(N)=O)c2)cc1. The maximum atomic E-state index is 12.5. The maximum absolute atomic E-state index is 12.5. The smallest absolute Gasteiger partial charge is 0.325 e. The minimum Gasteiger partial charge on any atom is -0.484 e. The number of nitrogens with one attached hydrogen (secondary N) is 1. The van der Waals surface area contributed by atoms with Crippen LogP contribution in [0.1, 0.15) is 29.8 Å². The minimum absolute atomic E-state index is 0.0552. The third-order valence-electron chi connectivity index (χ3n) is 4.53. The molecule has 2 aromatic rings. The molecule has 0 saturated heterocycles. The number of carbonyl (C=O) groups excluding carboxylic acids is 3. The molecular weight excluding hydrogens is 450 g/mol. The van der Waals surface area contributed by atoms with E-state index in [4.69, 9.17) is 15.2 Å². The van der Waals surface area contributed by atoms with E-state index in [0.717, 1.165) is 0 Å². The van der Waals surface area contributed by atoms with E-state index in [2.05, 4.69) is 5.32 Å². The van der Waals surface area contributed by atoms with Gasteiger partial charge < -0.3 is 20.5 Å². The highest BCUT2D eigenvalue weighted by Gasteiger charge is 2.21. The van der Waals surface area contributed by atoms with Crippen molar-refractivity contribution in [2.75, 3.05) is 26.2 Å². The van der Waals surface area contributed by atoms with Crippen molar-refractivity contribution in [1.82, 2.24) is 9.62 Å². The lowest BCUT2D eigenvalue weighted by Gasteiger charge is -2.18. The first-order valence-corrected chi connectivity index (χ1v) is 11.7. The summed E-state index contributed by atoms with van der Waals surface area (Å²) in [5.41, 5.74) is 5.87. The van der Waals surface area contributed by atoms with Gasteiger partial charge in [-0.2, -0.15) is 4.31 Å². The first-order chi connectivity index (χ1) is 15.7. The number of nitrogens with zero attached hydrogens (tertiary/aromatic N) is 1. The Balaban J connectivity index is 1.86. The van der Waals surface area contributed by atoms with E-state index in [0.29, 0.717) is 24.4 Å². The van der Waals surface area contributed by atoms with Gasteiger partial charge in [0.15, 0.2) is 6.61 Å². The summed E-state index contributed by atoms with van der Waals surface area (Å²) in [6.07, 6.45) is 0. The zero-order chi connectivity index (χ0) is 24.4. The van der Waals surface area contributed by atoms with Gasteiger partial charge in [-0.15, -0.1) is 0 Å². The fourth-order valence-corrected chi connectivity index (χ4v) is 4.30. The molecule has 2 rings (SSSR count). The lowest BCUT2D eigenvalue weighted by atomic mass is 10.2. The van der Waals surface area contributed by atoms with Crippen molar-refractivity contribution < 1.29 is 32.3 Å². The number of hydrogen-bond acceptors (Lipinski definition) is 7. The van der Waals surface area contributed by atoms with Crippen LogP contribution in [0.3, 0.4) is 0 Å². The largest absolute Gasteiger partial charge is 0.484 e. The fourth-order valence-electron chi connectivity index (χ4n) is 2.84. The lowest BCUT2D eigenvalue weighted by Crippen LogP contribution is -2.31. The van der Waals surface area contributed by atoms with Crippen LogP contribution >= 0.6 is 0 Å². The van der Waals surface area contributed by atoms with Crippen LogP contribution < -0.4 is 15.8 Å². The van der Waals surface area contributed by atoms with Gasteiger partial charge >= 0.3 is 5.97 Å². The van der Waals surface area contributed by atoms with Gasteiger partial charge in [0.2, 0.25) is 10.0 Å². The summed E-state index contributed by atoms with van der Waals surface area (Å²) in [5, 5.41) is 2.43. The minimum atomic E-state index is -3.62. The Labute approximate surface area is 192 Å². The summed E-state index contributed by atoms with van der Waals surface area (Å²) in [7, 11) is -3.62. The van der Waals surface area contributed by atoms with Crippen LogP contribution in [-0.2, 0) is 31.0 Å². The predicted octanol–water partition coefficient (Wildman–Crippen LogP) is 1.05. The van der Waals surface area contributed by atoms with E-state index in [1.165, 1.54) is 28.6 Å². The molecule has 33 heavy (non-hydrogen) atoms. The van der Waals surface area contributed by atoms with Crippen LogP contribution in [0.15, 0.2) is 53.4 Å². The number of nitrogens with two attached hydrogens (primary N) is 1. The second-order valence-corrected chi connectivity index (χ2v) is 8.80. The van der Waals surface area contributed by atoms with Gasteiger partial charge in [-0.3, -0.25) is 14.4 Å². The highest BCUT2D eigenvalue weighted by molar-refractivity contribution is 7.89. The molecule has 3 N–H and O–H groups in total. The second-order valence-electron chi connectivity index (χ2n) is 6.86. The average Bonchev–Trinajstić information content (AvgIpc) is 2.80. The third-order valence-corrected chi connectivity index (χ3v) is 6.60. The number of sulfonamides is 1. The van der Waals surface area contributed by atoms with Gasteiger partial charge in [-0.1, -0.05) is 26.0 Å². The zero-order valence-corrected chi connectivity index (χ0v) is 19.3. The van der Waals surface area contributed by atoms with E-state index in [1.807, 2.05) is 0 Å². The molecule has 178 valence electrons. The number of hydrogen-bond donors (Lipinski definition) is 2. The molecular formula is C22H27N3O7S. The standard InChI is InChI=1S/C22H27N3O7S/c1-3-25(4-2)33(29,30)19-10-8-17(9-11-19)22(28)24-13-21(27)32-14-16-6-5-7-18(12-16)31-15-20(23)26/h5-12H,3-4,13-15H2,1-2H3,(H2,23,26)(H,24,28). The molecule has 0 saturated carbocycles. The first kappa shape index (κ1) is 25.8. The molecule has 0 bridgehead atoms. The van der Waals surface area contributed by atoms with Gasteiger partial charge in [-0.25, -0.2) is 8.42 Å². The van der Waals surface area contributed by atoms with Crippen molar-refractivity contribution in [3.8, 4) is 5.75 Å². The van der Waals surface area contributed by atoms with Crippen molar-refractivity contribution in [3.05, 3.63) is 59.7 Å². The third kappa shape index (κ3) is 7.58. The van der Waals surface area contributed by atoms with Crippen LogP contribution in [0.4, 0.5) is 0 Å². The molecule has 0 aliphatic heterocycles. The summed E-state index contributed by atoms with van der Waals surface area (Å²) in [6.45, 7) is 3.49. The highest BCUT2D eigenvalue weighted by Crippen LogP contribution is 2.16. The van der Waals surface area contributed by atoms with Crippen LogP contribution in [-0.4, -0.2) is 56.7 Å². The van der Waals surface area contributed by atoms with E-state index < -0.39 is 27.8 Å². The fraction of sp³-hybridized carbons (Fsp3) is 0.318. The molecule has 0 heterocycles. The molecule has 0 aromatic heterocycles. The Hall–Kier alpha value is -3.44. The Morgan fingerprint density at radius 3 is 2.30 bits per heavy atom. The number of benzene rings is 2. The van der Waals surface area contributed by atoms with E-state index in [1.54, 1.807) is 38.1 Å². The molecule has 0 spiro atoms. The topological polar surface area (TPSA) is 145 Å². The number of rotatable bonds is 12. The Morgan fingerprint density at radius 1 is 1.03 bits per heavy atom. The quantitative estimate of drug-likeness (QED) is 0.435. The molecule has 0 unspecified atom stereocenters. The lowest BCUT2D eigenvalue weighted by molar-refractivity contribution is -0.143. The van der Waals surface area contributed by atoms with Crippen molar-refractivity contribution >= 4 is 27.8 Å². The first-order valence-electron chi connectivity index (χ1n) is 10.2. The van der Waals surface area contributed by atoms with Crippen molar-refractivity contribution in [2.45, 2.75) is 25.3 Å². The molecule has 2 amide bonds. The summed E-state index contributed by atoms with van der Waals surface area (Å²) < 4.78 is 36.6. The van der Waals surface area contributed by atoms with Crippen LogP contribution in [0.5, 0.6) is 5.75 Å². The summed E-state index contributed by atoms with van der Waals surface area (Å²) in [5.74, 6) is -1.40. The predicted molar refractivity (Wildman–Crippen MR) is 120 cm³/mol. The Bertz CT molecular complexity index is 1080. The van der Waals surface area contributed by atoms with Crippen LogP contribution in [0.2, 0.25) is 0 Å². The van der Waals surface area contributed by atoms with Gasteiger partial charge in [0.05, 0.1) is 4.90 Å². The van der Waals surface area contributed by atoms with E-state index >= 15 is 0 Å². The summed E-state index contributed by atoms with van der Waals surface area (Å²) in [6, 6.07) is 12.1. The number of primary amides is 1. The van der Waals surface area contributed by atoms with Gasteiger partial charge in [0, 0.05) is 18.7 Å². The van der Waals surface area contributed by atoms with Gasteiger partial charge in [-0.05, 0) is 42.0 Å².